The van der Waals surface area contributed by atoms with Crippen molar-refractivity contribution in [3.63, 3.8) is 0 Å². The summed E-state index contributed by atoms with van der Waals surface area (Å²) in [5.41, 5.74) is -0.639. The van der Waals surface area contributed by atoms with Gasteiger partial charge in [-0.05, 0) is 31.3 Å². The van der Waals surface area contributed by atoms with E-state index >= 15 is 0 Å². The predicted octanol–water partition coefficient (Wildman–Crippen LogP) is 1.05. The Balaban J connectivity index is 2.79. The summed E-state index contributed by atoms with van der Waals surface area (Å²) in [6, 6.07) is 0. The second kappa shape index (κ2) is 4.33. The van der Waals surface area contributed by atoms with E-state index in [1.165, 1.54) is 7.11 Å². The van der Waals surface area contributed by atoms with Crippen LogP contribution in [0.5, 0.6) is 0 Å². The topological polar surface area (TPSA) is 46.5 Å². The zero-order valence-corrected chi connectivity index (χ0v) is 8.89. The van der Waals surface area contributed by atoms with Crippen LogP contribution in [0.25, 0.3) is 0 Å². The van der Waals surface area contributed by atoms with Crippen LogP contribution in [0.4, 0.5) is 0 Å². The molecule has 1 heterocycles. The van der Waals surface area contributed by atoms with E-state index in [4.69, 9.17) is 4.74 Å². The summed E-state index contributed by atoms with van der Waals surface area (Å²) >= 11 is 1.82. The molecule has 0 saturated carbocycles. The van der Waals surface area contributed by atoms with Gasteiger partial charge in [-0.2, -0.15) is 11.8 Å². The molecule has 1 aliphatic heterocycles. The van der Waals surface area contributed by atoms with Crippen molar-refractivity contribution >= 4 is 17.7 Å². The number of aliphatic hydroxyl groups is 1. The Morgan fingerprint density at radius 1 is 1.54 bits per heavy atom. The van der Waals surface area contributed by atoms with E-state index < -0.39 is 11.5 Å². The summed E-state index contributed by atoms with van der Waals surface area (Å²) in [6.45, 7) is 1.67. The lowest BCUT2D eigenvalue weighted by Crippen LogP contribution is -2.44. The van der Waals surface area contributed by atoms with Gasteiger partial charge in [0.15, 0.2) is 0 Å². The zero-order valence-electron chi connectivity index (χ0n) is 8.08. The second-order valence-corrected chi connectivity index (χ2v) is 4.66. The average molecular weight is 204 g/mol. The molecule has 13 heavy (non-hydrogen) atoms. The Morgan fingerprint density at radius 3 is 2.46 bits per heavy atom. The molecule has 4 heteroatoms. The van der Waals surface area contributed by atoms with E-state index in [-0.39, 0.29) is 5.97 Å². The molecular weight excluding hydrogens is 188 g/mol. The van der Waals surface area contributed by atoms with Crippen LogP contribution >= 0.6 is 11.8 Å². The molecular formula is C9H16O3S. The molecule has 0 aromatic heterocycles. The van der Waals surface area contributed by atoms with Gasteiger partial charge in [0.25, 0.3) is 0 Å². The molecule has 1 saturated heterocycles. The van der Waals surface area contributed by atoms with Gasteiger partial charge >= 0.3 is 5.97 Å². The molecule has 1 atom stereocenters. The molecule has 0 aromatic rings. The van der Waals surface area contributed by atoms with Crippen molar-refractivity contribution < 1.29 is 14.6 Å². The first kappa shape index (κ1) is 10.9. The molecule has 0 amide bonds. The van der Waals surface area contributed by atoms with Crippen LogP contribution in [0.2, 0.25) is 0 Å². The number of carbonyl (C=O) groups is 1. The average Bonchev–Trinajstić information content (AvgIpc) is 2.17. The Morgan fingerprint density at radius 2 is 2.08 bits per heavy atom. The number of thioether (sulfide) groups is 1. The SMILES string of the molecule is COC(=O)C1(C(C)O)CCSCC1. The van der Waals surface area contributed by atoms with E-state index in [1.807, 2.05) is 11.8 Å². The lowest BCUT2D eigenvalue weighted by molar-refractivity contribution is -0.160. The van der Waals surface area contributed by atoms with Gasteiger partial charge in [-0.25, -0.2) is 0 Å². The quantitative estimate of drug-likeness (QED) is 0.683. The predicted molar refractivity (Wildman–Crippen MR) is 52.7 cm³/mol. The molecule has 76 valence electrons. The van der Waals surface area contributed by atoms with Gasteiger partial charge in [-0.3, -0.25) is 4.79 Å². The van der Waals surface area contributed by atoms with Crippen molar-refractivity contribution in [1.29, 1.82) is 0 Å². The molecule has 1 rings (SSSR count). The summed E-state index contributed by atoms with van der Waals surface area (Å²) in [5.74, 6) is 1.60. The monoisotopic (exact) mass is 204 g/mol. The van der Waals surface area contributed by atoms with Crippen molar-refractivity contribution in [2.24, 2.45) is 5.41 Å². The molecule has 1 unspecified atom stereocenters. The van der Waals surface area contributed by atoms with Gasteiger partial charge in [-0.15, -0.1) is 0 Å². The molecule has 3 nitrogen and oxygen atoms in total. The summed E-state index contributed by atoms with van der Waals surface area (Å²) in [6.07, 6.45) is 0.838. The normalized spacial score (nSPS) is 23.6. The van der Waals surface area contributed by atoms with Crippen LogP contribution in [0.3, 0.4) is 0 Å². The highest BCUT2D eigenvalue weighted by molar-refractivity contribution is 7.99. The molecule has 0 spiro atoms. The minimum Gasteiger partial charge on any atom is -0.469 e. The molecule has 1 N–H and O–H groups in total. The molecule has 0 aliphatic carbocycles. The van der Waals surface area contributed by atoms with Crippen LogP contribution in [-0.4, -0.2) is 35.8 Å². The summed E-state index contributed by atoms with van der Waals surface area (Å²) in [5, 5.41) is 9.62. The third kappa shape index (κ3) is 1.99. The maximum atomic E-state index is 11.5. The Bertz CT molecular complexity index is 185. The second-order valence-electron chi connectivity index (χ2n) is 3.44. The Kier molecular flexibility index (Phi) is 3.62. The van der Waals surface area contributed by atoms with Gasteiger partial charge in [0, 0.05) is 0 Å². The van der Waals surface area contributed by atoms with Crippen molar-refractivity contribution in [3.8, 4) is 0 Å². The maximum Gasteiger partial charge on any atom is 0.314 e. The lowest BCUT2D eigenvalue weighted by atomic mass is 9.77. The molecule has 1 aliphatic rings. The van der Waals surface area contributed by atoms with Crippen LogP contribution in [0.1, 0.15) is 19.8 Å². The third-order valence-corrected chi connectivity index (χ3v) is 3.76. The van der Waals surface area contributed by atoms with Crippen LogP contribution in [0.15, 0.2) is 0 Å². The van der Waals surface area contributed by atoms with Gasteiger partial charge in [0.05, 0.1) is 18.6 Å². The number of carbonyl (C=O) groups excluding carboxylic acids is 1. The zero-order chi connectivity index (χ0) is 9.90. The Hall–Kier alpha value is -0.220. The van der Waals surface area contributed by atoms with E-state index in [2.05, 4.69) is 0 Å². The van der Waals surface area contributed by atoms with E-state index in [0.717, 1.165) is 24.3 Å². The number of hydrogen-bond donors (Lipinski definition) is 1. The largest absolute Gasteiger partial charge is 0.469 e. The fourth-order valence-corrected chi connectivity index (χ4v) is 2.95. The number of hydrogen-bond acceptors (Lipinski definition) is 4. The van der Waals surface area contributed by atoms with Crippen molar-refractivity contribution in [1.82, 2.24) is 0 Å². The molecule has 1 fully saturated rings. The minimum absolute atomic E-state index is 0.261. The third-order valence-electron chi connectivity index (χ3n) is 2.78. The summed E-state index contributed by atoms with van der Waals surface area (Å²) in [7, 11) is 1.38. The van der Waals surface area contributed by atoms with Crippen LogP contribution in [0, 0.1) is 5.41 Å². The highest BCUT2D eigenvalue weighted by Gasteiger charge is 2.44. The summed E-state index contributed by atoms with van der Waals surface area (Å²) in [4.78, 5) is 11.5. The number of rotatable bonds is 2. The number of methoxy groups -OCH3 is 1. The number of ether oxygens (including phenoxy) is 1. The summed E-state index contributed by atoms with van der Waals surface area (Å²) < 4.78 is 4.75. The highest BCUT2D eigenvalue weighted by Crippen LogP contribution is 2.39. The van der Waals surface area contributed by atoms with Crippen molar-refractivity contribution in [2.45, 2.75) is 25.9 Å². The smallest absolute Gasteiger partial charge is 0.314 e. The standard InChI is InChI=1S/C9H16O3S/c1-7(10)9(8(11)12-2)3-5-13-6-4-9/h7,10H,3-6H2,1-2H3. The molecule has 0 aromatic carbocycles. The van der Waals surface area contributed by atoms with Crippen molar-refractivity contribution in [3.05, 3.63) is 0 Å². The fraction of sp³-hybridized carbons (Fsp3) is 0.889. The number of esters is 1. The van der Waals surface area contributed by atoms with Crippen LogP contribution < -0.4 is 0 Å². The van der Waals surface area contributed by atoms with E-state index in [9.17, 15) is 9.90 Å². The van der Waals surface area contributed by atoms with E-state index in [0.29, 0.717) is 0 Å². The first-order valence-electron chi connectivity index (χ1n) is 4.48. The maximum absolute atomic E-state index is 11.5. The molecule has 0 radical (unpaired) electrons. The first-order valence-corrected chi connectivity index (χ1v) is 5.63. The minimum atomic E-state index is -0.639. The fourth-order valence-electron chi connectivity index (χ4n) is 1.73. The van der Waals surface area contributed by atoms with Gasteiger partial charge in [-0.1, -0.05) is 0 Å². The first-order chi connectivity index (χ1) is 6.13. The molecule has 0 bridgehead atoms. The van der Waals surface area contributed by atoms with Gasteiger partial charge in [0.2, 0.25) is 0 Å². The van der Waals surface area contributed by atoms with E-state index in [1.54, 1.807) is 6.92 Å². The van der Waals surface area contributed by atoms with Gasteiger partial charge in [0.1, 0.15) is 0 Å². The van der Waals surface area contributed by atoms with Crippen molar-refractivity contribution in [2.75, 3.05) is 18.6 Å². The Labute approximate surface area is 82.8 Å². The lowest BCUT2D eigenvalue weighted by Gasteiger charge is -2.36. The van der Waals surface area contributed by atoms with Gasteiger partial charge < -0.3 is 9.84 Å². The highest BCUT2D eigenvalue weighted by atomic mass is 32.2. The number of aliphatic hydroxyl groups excluding tert-OH is 1. The van der Waals surface area contributed by atoms with Crippen LogP contribution in [-0.2, 0) is 9.53 Å².